The first-order valence-electron chi connectivity index (χ1n) is 8.45. The SMILES string of the molecule is O=C(NC1CCCCC1)NC(c1ccccc1)C1CCC1. The molecule has 3 nitrogen and oxygen atoms in total. The first-order valence-corrected chi connectivity index (χ1v) is 8.45. The number of carbonyl (C=O) groups excluding carboxylic acids is 1. The summed E-state index contributed by atoms with van der Waals surface area (Å²) in [7, 11) is 0. The number of rotatable bonds is 4. The van der Waals surface area contributed by atoms with E-state index in [9.17, 15) is 4.79 Å². The van der Waals surface area contributed by atoms with Crippen LogP contribution in [0.5, 0.6) is 0 Å². The summed E-state index contributed by atoms with van der Waals surface area (Å²) in [5, 5.41) is 6.40. The van der Waals surface area contributed by atoms with Crippen molar-refractivity contribution in [2.45, 2.75) is 63.5 Å². The number of carbonyl (C=O) groups is 1. The van der Waals surface area contributed by atoms with E-state index >= 15 is 0 Å². The van der Waals surface area contributed by atoms with Crippen LogP contribution in [-0.2, 0) is 0 Å². The second-order valence-corrected chi connectivity index (χ2v) is 6.53. The molecule has 1 aromatic carbocycles. The Bertz CT molecular complexity index is 450. The van der Waals surface area contributed by atoms with Gasteiger partial charge in [0.05, 0.1) is 6.04 Å². The molecule has 3 heteroatoms. The van der Waals surface area contributed by atoms with Gasteiger partial charge in [0, 0.05) is 6.04 Å². The number of urea groups is 1. The standard InChI is InChI=1S/C18H26N2O/c21-18(19-16-12-5-2-6-13-16)20-17(15-10-7-11-15)14-8-3-1-4-9-14/h1,3-4,8-9,15-17H,2,5-7,10-13H2,(H2,19,20,21). The lowest BCUT2D eigenvalue weighted by Gasteiger charge is -2.35. The molecule has 21 heavy (non-hydrogen) atoms. The fourth-order valence-corrected chi connectivity index (χ4v) is 3.52. The summed E-state index contributed by atoms with van der Waals surface area (Å²) in [6, 6.07) is 11.0. The molecule has 0 heterocycles. The van der Waals surface area contributed by atoms with Gasteiger partial charge in [-0.1, -0.05) is 56.0 Å². The zero-order chi connectivity index (χ0) is 14.5. The Hall–Kier alpha value is -1.51. The Morgan fingerprint density at radius 2 is 1.67 bits per heavy atom. The smallest absolute Gasteiger partial charge is 0.315 e. The minimum Gasteiger partial charge on any atom is -0.335 e. The largest absolute Gasteiger partial charge is 0.335 e. The first kappa shape index (κ1) is 14.4. The van der Waals surface area contributed by atoms with Crippen molar-refractivity contribution in [1.82, 2.24) is 10.6 Å². The quantitative estimate of drug-likeness (QED) is 0.857. The van der Waals surface area contributed by atoms with Gasteiger partial charge in [0.25, 0.3) is 0 Å². The van der Waals surface area contributed by atoms with Gasteiger partial charge in [0.1, 0.15) is 0 Å². The molecule has 2 saturated carbocycles. The van der Waals surface area contributed by atoms with E-state index in [2.05, 4.69) is 34.9 Å². The molecule has 1 aromatic rings. The maximum atomic E-state index is 12.3. The maximum Gasteiger partial charge on any atom is 0.315 e. The van der Waals surface area contributed by atoms with Gasteiger partial charge < -0.3 is 10.6 Å². The van der Waals surface area contributed by atoms with E-state index < -0.39 is 0 Å². The number of hydrogen-bond acceptors (Lipinski definition) is 1. The summed E-state index contributed by atoms with van der Waals surface area (Å²) in [5.74, 6) is 0.601. The van der Waals surface area contributed by atoms with Crippen LogP contribution in [0.3, 0.4) is 0 Å². The van der Waals surface area contributed by atoms with Crippen LogP contribution in [-0.4, -0.2) is 12.1 Å². The Balaban J connectivity index is 1.60. The highest BCUT2D eigenvalue weighted by Gasteiger charge is 2.30. The van der Waals surface area contributed by atoms with E-state index in [0.29, 0.717) is 12.0 Å². The number of hydrogen-bond donors (Lipinski definition) is 2. The summed E-state index contributed by atoms with van der Waals surface area (Å²) < 4.78 is 0. The highest BCUT2D eigenvalue weighted by Crippen LogP contribution is 2.37. The predicted molar refractivity (Wildman–Crippen MR) is 85.1 cm³/mol. The van der Waals surface area contributed by atoms with Crippen LogP contribution in [0, 0.1) is 5.92 Å². The highest BCUT2D eigenvalue weighted by atomic mass is 16.2. The predicted octanol–water partition coefficient (Wildman–Crippen LogP) is 4.16. The number of nitrogens with one attached hydrogen (secondary N) is 2. The van der Waals surface area contributed by atoms with Crippen molar-refractivity contribution in [2.75, 3.05) is 0 Å². The molecule has 2 N–H and O–H groups in total. The summed E-state index contributed by atoms with van der Waals surface area (Å²) in [6.45, 7) is 0. The second-order valence-electron chi connectivity index (χ2n) is 6.53. The van der Waals surface area contributed by atoms with Gasteiger partial charge in [0.15, 0.2) is 0 Å². The van der Waals surface area contributed by atoms with Crippen LogP contribution < -0.4 is 10.6 Å². The van der Waals surface area contributed by atoms with E-state index in [1.54, 1.807) is 0 Å². The van der Waals surface area contributed by atoms with E-state index in [4.69, 9.17) is 0 Å². The third-order valence-corrected chi connectivity index (χ3v) is 5.01. The van der Waals surface area contributed by atoms with Gasteiger partial charge in [-0.2, -0.15) is 0 Å². The van der Waals surface area contributed by atoms with E-state index in [1.807, 2.05) is 6.07 Å². The molecule has 0 bridgehead atoms. The average Bonchev–Trinajstić information content (AvgIpc) is 2.47. The normalized spacial score (nSPS) is 21.3. The molecule has 0 aliphatic heterocycles. The molecule has 0 spiro atoms. The Labute approximate surface area is 127 Å². The molecule has 2 fully saturated rings. The number of benzene rings is 1. The molecule has 3 rings (SSSR count). The van der Waals surface area contributed by atoms with E-state index in [0.717, 1.165) is 12.8 Å². The zero-order valence-electron chi connectivity index (χ0n) is 12.7. The molecule has 0 radical (unpaired) electrons. The van der Waals surface area contributed by atoms with Crippen LogP contribution in [0.15, 0.2) is 30.3 Å². The van der Waals surface area contributed by atoms with E-state index in [1.165, 1.54) is 44.1 Å². The third kappa shape index (κ3) is 3.78. The fraction of sp³-hybridized carbons (Fsp3) is 0.611. The van der Waals surface area contributed by atoms with Crippen molar-refractivity contribution in [3.05, 3.63) is 35.9 Å². The lowest BCUT2D eigenvalue weighted by molar-refractivity contribution is 0.202. The highest BCUT2D eigenvalue weighted by molar-refractivity contribution is 5.74. The molecule has 1 unspecified atom stereocenters. The van der Waals surface area contributed by atoms with Gasteiger partial charge >= 0.3 is 6.03 Å². The minimum absolute atomic E-state index is 0.0163. The Morgan fingerprint density at radius 1 is 0.952 bits per heavy atom. The summed E-state index contributed by atoms with van der Waals surface area (Å²) in [6.07, 6.45) is 9.81. The van der Waals surface area contributed by atoms with Crippen LogP contribution in [0.2, 0.25) is 0 Å². The van der Waals surface area contributed by atoms with Crippen LogP contribution in [0.25, 0.3) is 0 Å². The topological polar surface area (TPSA) is 41.1 Å². The molecule has 1 atom stereocenters. The maximum absolute atomic E-state index is 12.3. The number of amides is 2. The summed E-state index contributed by atoms with van der Waals surface area (Å²) in [4.78, 5) is 12.3. The Kier molecular flexibility index (Phi) is 4.79. The average molecular weight is 286 g/mol. The third-order valence-electron chi connectivity index (χ3n) is 5.01. The summed E-state index contributed by atoms with van der Waals surface area (Å²) in [5.41, 5.74) is 1.24. The lowest BCUT2D eigenvalue weighted by atomic mass is 9.77. The molecule has 2 amide bonds. The van der Waals surface area contributed by atoms with Gasteiger partial charge in [-0.05, 0) is 37.2 Å². The van der Waals surface area contributed by atoms with Gasteiger partial charge in [-0.25, -0.2) is 4.79 Å². The van der Waals surface area contributed by atoms with Crippen molar-refractivity contribution in [2.24, 2.45) is 5.92 Å². The van der Waals surface area contributed by atoms with Gasteiger partial charge in [0.2, 0.25) is 0 Å². The van der Waals surface area contributed by atoms with Crippen LogP contribution in [0.1, 0.15) is 63.0 Å². The molecule has 0 saturated heterocycles. The first-order chi connectivity index (χ1) is 10.3. The summed E-state index contributed by atoms with van der Waals surface area (Å²) >= 11 is 0. The molecule has 2 aliphatic rings. The molecular formula is C18H26N2O. The molecule has 2 aliphatic carbocycles. The monoisotopic (exact) mass is 286 g/mol. The molecular weight excluding hydrogens is 260 g/mol. The van der Waals surface area contributed by atoms with Crippen LogP contribution in [0.4, 0.5) is 4.79 Å². The van der Waals surface area contributed by atoms with Crippen molar-refractivity contribution < 1.29 is 4.79 Å². The van der Waals surface area contributed by atoms with E-state index in [-0.39, 0.29) is 12.1 Å². The zero-order valence-corrected chi connectivity index (χ0v) is 12.7. The minimum atomic E-state index is 0.0163. The lowest BCUT2D eigenvalue weighted by Crippen LogP contribution is -2.46. The van der Waals surface area contributed by atoms with Gasteiger partial charge in [-0.15, -0.1) is 0 Å². The molecule has 0 aromatic heterocycles. The second kappa shape index (κ2) is 6.97. The van der Waals surface area contributed by atoms with Crippen molar-refractivity contribution in [3.8, 4) is 0 Å². The van der Waals surface area contributed by atoms with Crippen molar-refractivity contribution in [3.63, 3.8) is 0 Å². The Morgan fingerprint density at radius 3 is 2.29 bits per heavy atom. The van der Waals surface area contributed by atoms with Crippen molar-refractivity contribution in [1.29, 1.82) is 0 Å². The van der Waals surface area contributed by atoms with Gasteiger partial charge in [-0.3, -0.25) is 0 Å². The van der Waals surface area contributed by atoms with Crippen molar-refractivity contribution >= 4 is 6.03 Å². The fourth-order valence-electron chi connectivity index (χ4n) is 3.52. The van der Waals surface area contributed by atoms with Crippen LogP contribution >= 0.6 is 0 Å². The molecule has 114 valence electrons.